The predicted molar refractivity (Wildman–Crippen MR) is 91.6 cm³/mol. The summed E-state index contributed by atoms with van der Waals surface area (Å²) in [6, 6.07) is 4.46. The molecular formula is C16H20N6O3. The van der Waals surface area contributed by atoms with Gasteiger partial charge in [0.25, 0.3) is 11.6 Å². The fourth-order valence-electron chi connectivity index (χ4n) is 3.13. The molecule has 1 saturated heterocycles. The SMILES string of the molecule is CN(C)c1ccc([N+](=O)[O-])cc1C(=O)N1CCCC(n2cncn2)C1. The summed E-state index contributed by atoms with van der Waals surface area (Å²) >= 11 is 0. The summed E-state index contributed by atoms with van der Waals surface area (Å²) in [7, 11) is 3.62. The van der Waals surface area contributed by atoms with Gasteiger partial charge in [0, 0.05) is 45.0 Å². The maximum Gasteiger partial charge on any atom is 0.270 e. The Bertz CT molecular complexity index is 774. The van der Waals surface area contributed by atoms with Crippen LogP contribution in [-0.4, -0.2) is 57.7 Å². The molecule has 1 aromatic carbocycles. The first-order valence-electron chi connectivity index (χ1n) is 8.06. The number of benzene rings is 1. The lowest BCUT2D eigenvalue weighted by Gasteiger charge is -2.33. The fraction of sp³-hybridized carbons (Fsp3) is 0.438. The Hall–Kier alpha value is -2.97. The summed E-state index contributed by atoms with van der Waals surface area (Å²) in [5, 5.41) is 15.2. The van der Waals surface area contributed by atoms with Gasteiger partial charge < -0.3 is 9.80 Å². The quantitative estimate of drug-likeness (QED) is 0.619. The summed E-state index contributed by atoms with van der Waals surface area (Å²) in [6.45, 7) is 1.14. The van der Waals surface area contributed by atoms with E-state index < -0.39 is 4.92 Å². The summed E-state index contributed by atoms with van der Waals surface area (Å²) < 4.78 is 1.76. The highest BCUT2D eigenvalue weighted by atomic mass is 16.6. The van der Waals surface area contributed by atoms with Gasteiger partial charge in [-0.3, -0.25) is 14.9 Å². The second-order valence-corrected chi connectivity index (χ2v) is 6.28. The number of nitrogens with zero attached hydrogens (tertiary/aromatic N) is 6. The van der Waals surface area contributed by atoms with Crippen molar-refractivity contribution in [1.29, 1.82) is 0 Å². The molecule has 132 valence electrons. The van der Waals surface area contributed by atoms with Crippen LogP contribution in [0.2, 0.25) is 0 Å². The molecule has 1 aliphatic heterocycles. The molecule has 1 aromatic heterocycles. The molecule has 2 heterocycles. The molecule has 9 heteroatoms. The molecule has 0 spiro atoms. The Morgan fingerprint density at radius 2 is 2.20 bits per heavy atom. The molecule has 0 aliphatic carbocycles. The number of non-ortho nitro benzene ring substituents is 1. The Morgan fingerprint density at radius 1 is 1.40 bits per heavy atom. The average molecular weight is 344 g/mol. The van der Waals surface area contributed by atoms with E-state index in [0.717, 1.165) is 12.8 Å². The van der Waals surface area contributed by atoms with Crippen LogP contribution in [-0.2, 0) is 0 Å². The second-order valence-electron chi connectivity index (χ2n) is 6.28. The van der Waals surface area contributed by atoms with Crippen molar-refractivity contribution < 1.29 is 9.72 Å². The van der Waals surface area contributed by atoms with Crippen molar-refractivity contribution in [2.45, 2.75) is 18.9 Å². The normalized spacial score (nSPS) is 17.4. The van der Waals surface area contributed by atoms with Gasteiger partial charge in [0.05, 0.1) is 16.5 Å². The molecule has 0 saturated carbocycles. The molecule has 25 heavy (non-hydrogen) atoms. The summed E-state index contributed by atoms with van der Waals surface area (Å²) in [5.74, 6) is -0.197. The maximum atomic E-state index is 13.0. The molecule has 1 fully saturated rings. The highest BCUT2D eigenvalue weighted by Crippen LogP contribution is 2.28. The van der Waals surface area contributed by atoms with Gasteiger partial charge in [-0.1, -0.05) is 0 Å². The van der Waals surface area contributed by atoms with Crippen LogP contribution >= 0.6 is 0 Å². The standard InChI is InChI=1S/C16H20N6O3/c1-19(2)15-6-5-12(22(24)25)8-14(15)16(23)20-7-3-4-13(9-20)21-11-17-10-18-21/h5-6,8,10-11,13H,3-4,7,9H2,1-2H3. The molecule has 0 bridgehead atoms. The minimum absolute atomic E-state index is 0.0710. The van der Waals surface area contributed by atoms with Crippen molar-refractivity contribution in [2.75, 3.05) is 32.1 Å². The van der Waals surface area contributed by atoms with Crippen molar-refractivity contribution in [3.8, 4) is 0 Å². The summed E-state index contributed by atoms with van der Waals surface area (Å²) in [4.78, 5) is 31.1. The number of anilines is 1. The van der Waals surface area contributed by atoms with Gasteiger partial charge in [0.15, 0.2) is 0 Å². The van der Waals surface area contributed by atoms with Gasteiger partial charge in [-0.05, 0) is 18.9 Å². The lowest BCUT2D eigenvalue weighted by Crippen LogP contribution is -2.41. The average Bonchev–Trinajstić information content (AvgIpc) is 3.15. The number of aromatic nitrogens is 3. The van der Waals surface area contributed by atoms with E-state index in [1.165, 1.54) is 18.5 Å². The van der Waals surface area contributed by atoms with Gasteiger partial charge in [-0.2, -0.15) is 5.10 Å². The van der Waals surface area contributed by atoms with Crippen molar-refractivity contribution >= 4 is 17.3 Å². The number of nitro benzene ring substituents is 1. The second kappa shape index (κ2) is 6.88. The van der Waals surface area contributed by atoms with Crippen molar-refractivity contribution in [2.24, 2.45) is 0 Å². The fourth-order valence-corrected chi connectivity index (χ4v) is 3.13. The van der Waals surface area contributed by atoms with Crippen LogP contribution in [0.1, 0.15) is 29.2 Å². The van der Waals surface area contributed by atoms with E-state index in [0.29, 0.717) is 24.3 Å². The Labute approximate surface area is 145 Å². The number of hydrogen-bond acceptors (Lipinski definition) is 6. The number of amides is 1. The van der Waals surface area contributed by atoms with Crippen LogP contribution < -0.4 is 4.90 Å². The number of likely N-dealkylation sites (tertiary alicyclic amines) is 1. The first kappa shape index (κ1) is 16.9. The highest BCUT2D eigenvalue weighted by molar-refractivity contribution is 6.00. The van der Waals surface area contributed by atoms with Crippen molar-refractivity contribution in [3.63, 3.8) is 0 Å². The van der Waals surface area contributed by atoms with Crippen LogP contribution in [0.25, 0.3) is 0 Å². The first-order valence-corrected chi connectivity index (χ1v) is 8.06. The lowest BCUT2D eigenvalue weighted by atomic mass is 10.0. The Morgan fingerprint density at radius 3 is 2.84 bits per heavy atom. The van der Waals surface area contributed by atoms with E-state index in [1.54, 1.807) is 26.9 Å². The molecule has 3 rings (SSSR count). The Kier molecular flexibility index (Phi) is 4.64. The van der Waals surface area contributed by atoms with Crippen molar-refractivity contribution in [1.82, 2.24) is 19.7 Å². The van der Waals surface area contributed by atoms with Gasteiger partial charge in [0.2, 0.25) is 0 Å². The van der Waals surface area contributed by atoms with E-state index in [1.807, 2.05) is 14.1 Å². The third-order valence-corrected chi connectivity index (χ3v) is 4.40. The lowest BCUT2D eigenvalue weighted by molar-refractivity contribution is -0.384. The topological polar surface area (TPSA) is 97.4 Å². The minimum Gasteiger partial charge on any atom is -0.377 e. The summed E-state index contributed by atoms with van der Waals surface area (Å²) in [6.07, 6.45) is 4.90. The molecule has 9 nitrogen and oxygen atoms in total. The first-order chi connectivity index (χ1) is 12.0. The summed E-state index contributed by atoms with van der Waals surface area (Å²) in [5.41, 5.74) is 0.927. The third-order valence-electron chi connectivity index (χ3n) is 4.40. The van der Waals surface area contributed by atoms with Crippen LogP contribution in [0, 0.1) is 10.1 Å². The van der Waals surface area contributed by atoms with E-state index in [9.17, 15) is 14.9 Å². The van der Waals surface area contributed by atoms with Gasteiger partial charge in [-0.15, -0.1) is 0 Å². The van der Waals surface area contributed by atoms with Crippen LogP contribution in [0.3, 0.4) is 0 Å². The van der Waals surface area contributed by atoms with Crippen LogP contribution in [0.4, 0.5) is 11.4 Å². The molecule has 1 aliphatic rings. The zero-order valence-electron chi connectivity index (χ0n) is 14.2. The molecule has 1 unspecified atom stereocenters. The monoisotopic (exact) mass is 344 g/mol. The van der Waals surface area contributed by atoms with Gasteiger partial charge >= 0.3 is 0 Å². The number of carbonyl (C=O) groups is 1. The number of nitro groups is 1. The third kappa shape index (κ3) is 3.44. The molecule has 0 radical (unpaired) electrons. The van der Waals surface area contributed by atoms with Crippen LogP contribution in [0.5, 0.6) is 0 Å². The highest BCUT2D eigenvalue weighted by Gasteiger charge is 2.28. The van der Waals surface area contributed by atoms with Gasteiger partial charge in [0.1, 0.15) is 12.7 Å². The zero-order chi connectivity index (χ0) is 18.0. The van der Waals surface area contributed by atoms with E-state index in [-0.39, 0.29) is 17.6 Å². The maximum absolute atomic E-state index is 13.0. The van der Waals surface area contributed by atoms with Crippen LogP contribution in [0.15, 0.2) is 30.9 Å². The smallest absolute Gasteiger partial charge is 0.270 e. The Balaban J connectivity index is 1.89. The zero-order valence-corrected chi connectivity index (χ0v) is 14.2. The number of rotatable bonds is 4. The number of hydrogen-bond donors (Lipinski definition) is 0. The van der Waals surface area contributed by atoms with E-state index in [4.69, 9.17) is 0 Å². The van der Waals surface area contributed by atoms with E-state index >= 15 is 0 Å². The van der Waals surface area contributed by atoms with Gasteiger partial charge in [-0.25, -0.2) is 9.67 Å². The number of carbonyl (C=O) groups excluding carboxylic acids is 1. The molecule has 1 atom stereocenters. The minimum atomic E-state index is -0.482. The van der Waals surface area contributed by atoms with Crippen molar-refractivity contribution in [3.05, 3.63) is 46.5 Å². The largest absolute Gasteiger partial charge is 0.377 e. The molecule has 1 amide bonds. The molecule has 0 N–H and O–H groups in total. The predicted octanol–water partition coefficient (Wildman–Crippen LogP) is 1.73. The molecular weight excluding hydrogens is 324 g/mol. The molecule has 2 aromatic rings. The number of piperidine rings is 1. The van der Waals surface area contributed by atoms with E-state index in [2.05, 4.69) is 10.1 Å².